The lowest BCUT2D eigenvalue weighted by Crippen LogP contribution is -2.78. The van der Waals surface area contributed by atoms with E-state index in [9.17, 15) is 23.1 Å². The molecule has 2 fully saturated rings. The summed E-state index contributed by atoms with van der Waals surface area (Å²) >= 11 is 0. The SMILES string of the molecule is CN(C(=O)C=Cc1ccc(C(F)(F)F)cc1)[C@H]1CC[C@@]2(O)[C@H]3Cc4cccc5c4[C@@]2(CCN3CCc2ccccc2)[C@H]1O5. The third-order valence-corrected chi connectivity index (χ3v) is 10.5. The van der Waals surface area contributed by atoms with Gasteiger partial charge in [0.15, 0.2) is 0 Å². The number of likely N-dealkylation sites (tertiary alicyclic amines) is 1. The van der Waals surface area contributed by atoms with E-state index in [2.05, 4.69) is 35.2 Å². The first-order valence-corrected chi connectivity index (χ1v) is 15.0. The van der Waals surface area contributed by atoms with Crippen molar-refractivity contribution in [3.05, 3.63) is 107 Å². The highest BCUT2D eigenvalue weighted by Crippen LogP contribution is 2.64. The van der Waals surface area contributed by atoms with Crippen LogP contribution >= 0.6 is 0 Å². The highest BCUT2D eigenvalue weighted by molar-refractivity contribution is 5.92. The molecule has 43 heavy (non-hydrogen) atoms. The van der Waals surface area contributed by atoms with Crippen LogP contribution in [0.3, 0.4) is 0 Å². The van der Waals surface area contributed by atoms with Gasteiger partial charge >= 0.3 is 6.18 Å². The Hall–Kier alpha value is -3.62. The Balaban J connectivity index is 1.15. The molecule has 7 rings (SSSR count). The molecular weight excluding hydrogens is 553 g/mol. The van der Waals surface area contributed by atoms with Gasteiger partial charge in [-0.3, -0.25) is 9.69 Å². The molecule has 8 heteroatoms. The van der Waals surface area contributed by atoms with Crippen LogP contribution in [0.1, 0.15) is 47.1 Å². The van der Waals surface area contributed by atoms with Crippen molar-refractivity contribution < 1.29 is 27.8 Å². The number of ether oxygens (including phenoxy) is 1. The number of carbonyl (C=O) groups excluding carboxylic acids is 1. The number of hydrogen-bond donors (Lipinski definition) is 1. The molecule has 224 valence electrons. The van der Waals surface area contributed by atoms with E-state index in [1.54, 1.807) is 18.0 Å². The molecule has 1 saturated heterocycles. The quantitative estimate of drug-likeness (QED) is 0.379. The van der Waals surface area contributed by atoms with Crippen LogP contribution in [0.2, 0.25) is 0 Å². The minimum absolute atomic E-state index is 0.0431. The van der Waals surface area contributed by atoms with Gasteiger partial charge in [0.05, 0.1) is 22.6 Å². The number of aliphatic hydroxyl groups is 1. The van der Waals surface area contributed by atoms with Crippen LogP contribution in [-0.2, 0) is 29.2 Å². The molecule has 0 unspecified atom stereocenters. The number of nitrogens with zero attached hydrogens (tertiary/aromatic N) is 2. The fraction of sp³-hybridized carbons (Fsp3) is 0.400. The van der Waals surface area contributed by atoms with Crippen molar-refractivity contribution in [2.24, 2.45) is 0 Å². The van der Waals surface area contributed by atoms with Crippen LogP contribution in [0.15, 0.2) is 78.9 Å². The number of rotatable bonds is 6. The van der Waals surface area contributed by atoms with Gasteiger partial charge in [0.1, 0.15) is 11.9 Å². The molecule has 0 aromatic heterocycles. The summed E-state index contributed by atoms with van der Waals surface area (Å²) < 4.78 is 45.5. The molecule has 3 aromatic carbocycles. The van der Waals surface area contributed by atoms with Crippen molar-refractivity contribution in [1.82, 2.24) is 9.80 Å². The van der Waals surface area contributed by atoms with Gasteiger partial charge in [0, 0.05) is 31.3 Å². The Morgan fingerprint density at radius 3 is 2.58 bits per heavy atom. The molecular formula is C35H35F3N2O3. The molecule has 1 saturated carbocycles. The summed E-state index contributed by atoms with van der Waals surface area (Å²) in [6.45, 7) is 1.70. The number of alkyl halides is 3. The highest BCUT2D eigenvalue weighted by Gasteiger charge is 2.72. The molecule has 4 aliphatic rings. The van der Waals surface area contributed by atoms with Crippen LogP contribution in [0, 0.1) is 0 Å². The van der Waals surface area contributed by atoms with E-state index in [-0.39, 0.29) is 18.0 Å². The molecule has 2 aliphatic carbocycles. The van der Waals surface area contributed by atoms with E-state index in [1.807, 2.05) is 18.2 Å². The zero-order valence-corrected chi connectivity index (χ0v) is 24.1. The summed E-state index contributed by atoms with van der Waals surface area (Å²) in [7, 11) is 1.76. The zero-order chi connectivity index (χ0) is 30.0. The van der Waals surface area contributed by atoms with E-state index >= 15 is 0 Å². The maximum absolute atomic E-state index is 13.4. The second-order valence-corrected chi connectivity index (χ2v) is 12.5. The standard InChI is InChI=1S/C35H35F3N2O3/c1-39(30(41)15-12-24-10-13-26(14-11-24)35(36,37)38)27-16-18-34(42)29-22-25-8-5-9-28-31(25)33(34,32(27)43-28)19-21-40(29)20-17-23-6-3-2-4-7-23/h2-15,27,29,32,42H,16-22H2,1H3/t27-,29+,32-,33-,34+/m0/s1. The van der Waals surface area contributed by atoms with Gasteiger partial charge in [-0.2, -0.15) is 13.2 Å². The van der Waals surface area contributed by atoms with Gasteiger partial charge in [-0.15, -0.1) is 0 Å². The van der Waals surface area contributed by atoms with Crippen LogP contribution in [0.4, 0.5) is 13.2 Å². The van der Waals surface area contributed by atoms with Crippen LogP contribution < -0.4 is 4.74 Å². The second-order valence-electron chi connectivity index (χ2n) is 12.5. The molecule has 2 heterocycles. The lowest BCUT2D eigenvalue weighted by molar-refractivity contribution is -0.199. The predicted octanol–water partition coefficient (Wildman–Crippen LogP) is 5.64. The van der Waals surface area contributed by atoms with Crippen molar-refractivity contribution in [2.75, 3.05) is 20.1 Å². The fourth-order valence-electron chi connectivity index (χ4n) is 8.39. The molecule has 5 nitrogen and oxygen atoms in total. The lowest BCUT2D eigenvalue weighted by atomic mass is 9.48. The molecule has 3 aromatic rings. The smallest absolute Gasteiger partial charge is 0.416 e. The van der Waals surface area contributed by atoms with E-state index in [0.29, 0.717) is 18.4 Å². The Morgan fingerprint density at radius 1 is 1.07 bits per heavy atom. The average Bonchev–Trinajstić information content (AvgIpc) is 3.34. The summed E-state index contributed by atoms with van der Waals surface area (Å²) in [4.78, 5) is 17.6. The van der Waals surface area contributed by atoms with Gasteiger partial charge in [0.25, 0.3) is 0 Å². The van der Waals surface area contributed by atoms with E-state index in [1.165, 1.54) is 29.3 Å². The monoisotopic (exact) mass is 588 g/mol. The summed E-state index contributed by atoms with van der Waals surface area (Å²) in [6, 6.07) is 21.0. The van der Waals surface area contributed by atoms with E-state index < -0.39 is 28.9 Å². The number of halogens is 3. The number of piperidine rings is 1. The minimum Gasteiger partial charge on any atom is -0.487 e. The summed E-state index contributed by atoms with van der Waals surface area (Å²) in [5.41, 5.74) is 1.81. The van der Waals surface area contributed by atoms with E-state index in [0.717, 1.165) is 55.8 Å². The summed E-state index contributed by atoms with van der Waals surface area (Å²) in [5.74, 6) is 0.560. The first-order valence-electron chi connectivity index (χ1n) is 15.0. The average molecular weight is 589 g/mol. The molecule has 2 aliphatic heterocycles. The Morgan fingerprint density at radius 2 is 1.84 bits per heavy atom. The van der Waals surface area contributed by atoms with Crippen LogP contribution in [-0.4, -0.2) is 64.7 Å². The van der Waals surface area contributed by atoms with Gasteiger partial charge in [0.2, 0.25) is 5.91 Å². The van der Waals surface area contributed by atoms with Crippen LogP contribution in [0.25, 0.3) is 6.08 Å². The maximum Gasteiger partial charge on any atom is 0.416 e. The largest absolute Gasteiger partial charge is 0.487 e. The topological polar surface area (TPSA) is 53.0 Å². The number of amides is 1. The molecule has 1 N–H and O–H groups in total. The molecule has 1 spiro atoms. The van der Waals surface area contributed by atoms with E-state index in [4.69, 9.17) is 4.74 Å². The predicted molar refractivity (Wildman–Crippen MR) is 158 cm³/mol. The lowest BCUT2D eigenvalue weighted by Gasteiger charge is -2.64. The number of carbonyl (C=O) groups is 1. The minimum atomic E-state index is -4.41. The van der Waals surface area contributed by atoms with Crippen molar-refractivity contribution in [2.45, 2.75) is 67.5 Å². The normalized spacial score (nSPS) is 29.3. The van der Waals surface area contributed by atoms with Gasteiger partial charge in [-0.05, 0) is 79.6 Å². The first kappa shape index (κ1) is 28.2. The Labute approximate surface area is 249 Å². The Bertz CT molecular complexity index is 1560. The third-order valence-electron chi connectivity index (χ3n) is 10.5. The Kier molecular flexibility index (Phi) is 6.71. The number of hydrogen-bond acceptors (Lipinski definition) is 4. The summed E-state index contributed by atoms with van der Waals surface area (Å²) in [5, 5.41) is 12.7. The fourth-order valence-corrected chi connectivity index (χ4v) is 8.39. The van der Waals surface area contributed by atoms with Gasteiger partial charge in [-0.25, -0.2) is 0 Å². The molecule has 2 bridgehead atoms. The number of likely N-dealkylation sites (N-methyl/N-ethyl adjacent to an activating group) is 1. The zero-order valence-electron chi connectivity index (χ0n) is 24.1. The summed E-state index contributed by atoms with van der Waals surface area (Å²) in [6.07, 6.45) is 1.71. The van der Waals surface area contributed by atoms with Crippen molar-refractivity contribution in [1.29, 1.82) is 0 Å². The van der Waals surface area contributed by atoms with Gasteiger partial charge in [-0.1, -0.05) is 54.6 Å². The second kappa shape index (κ2) is 10.2. The molecule has 0 radical (unpaired) electrons. The highest BCUT2D eigenvalue weighted by atomic mass is 19.4. The maximum atomic E-state index is 13.4. The van der Waals surface area contributed by atoms with Crippen molar-refractivity contribution >= 4 is 12.0 Å². The van der Waals surface area contributed by atoms with Crippen LogP contribution in [0.5, 0.6) is 5.75 Å². The van der Waals surface area contributed by atoms with Crippen molar-refractivity contribution in [3.8, 4) is 5.75 Å². The number of benzene rings is 3. The molecule has 5 atom stereocenters. The van der Waals surface area contributed by atoms with Crippen molar-refractivity contribution in [3.63, 3.8) is 0 Å². The first-order chi connectivity index (χ1) is 20.6. The molecule has 1 amide bonds. The van der Waals surface area contributed by atoms with Gasteiger partial charge < -0.3 is 14.7 Å². The third kappa shape index (κ3) is 4.41.